The van der Waals surface area contributed by atoms with Crippen LogP contribution in [0.15, 0.2) is 364 Å². The lowest BCUT2D eigenvalue weighted by atomic mass is 9.83. The molecule has 3 fully saturated rings. The van der Waals surface area contributed by atoms with E-state index in [0.29, 0.717) is 6.61 Å². The van der Waals surface area contributed by atoms with Crippen LogP contribution in [0.25, 0.3) is 0 Å². The summed E-state index contributed by atoms with van der Waals surface area (Å²) in [5.74, 6) is 0. The minimum absolute atomic E-state index is 0.0893. The van der Waals surface area contributed by atoms with Crippen LogP contribution in [0.2, 0.25) is 0 Å². The van der Waals surface area contributed by atoms with E-state index in [-0.39, 0.29) is 85.9 Å². The Morgan fingerprint density at radius 2 is 0.322 bits per heavy atom. The van der Waals surface area contributed by atoms with Crippen LogP contribution in [0, 0.1) is 0 Å². The van der Waals surface area contributed by atoms with E-state index in [2.05, 4.69) is 36.4 Å². The van der Waals surface area contributed by atoms with Gasteiger partial charge in [0.15, 0.2) is 12.6 Å². The molecule has 16 nitrogen and oxygen atoms in total. The van der Waals surface area contributed by atoms with Gasteiger partial charge in [-0.3, -0.25) is 0 Å². The molecule has 1 aliphatic carbocycles. The molecule has 0 bridgehead atoms. The van der Waals surface area contributed by atoms with Gasteiger partial charge in [0.05, 0.1) is 92.5 Å². The quantitative estimate of drug-likeness (QED) is 0.0357. The van der Waals surface area contributed by atoms with E-state index in [1.165, 1.54) is 0 Å². The van der Waals surface area contributed by atoms with Gasteiger partial charge in [-0.2, -0.15) is 0 Å². The predicted octanol–water partition coefficient (Wildman–Crippen LogP) is 18.5. The Kier molecular flexibility index (Phi) is 31.5. The highest BCUT2D eigenvalue weighted by atomic mass is 16.8. The van der Waals surface area contributed by atoms with Gasteiger partial charge in [0.1, 0.15) is 85.5 Å². The highest BCUT2D eigenvalue weighted by Crippen LogP contribution is 2.41. The van der Waals surface area contributed by atoms with Crippen molar-refractivity contribution < 1.29 is 75.8 Å². The molecule has 2 unspecified atom stereocenters. The molecular formula is C102H104O16. The first kappa shape index (κ1) is 83.1. The SMILES string of the molecule is c1ccc(COC[C@H]2O[C@@H](OC[C@H]3O[C@H](OC4[C@@H](OCc5ccccc5)[C@H](OCc5ccccc5)C(OCc5ccccc5)[C@H](OCc5ccccc5)[C@@H]4OCc4ccccc4)[C@H](OCc4ccccc4)[C@@H](OCc4ccccc4)[C@H]3OCc3ccccc3)[C@H](OCc3ccccc3)[C@@H](OCc3ccccc3)[C@H]2OCc2ccccc2)cc1. The molecule has 2 aliphatic heterocycles. The van der Waals surface area contributed by atoms with E-state index < -0.39 is 98.0 Å². The molecule has 118 heavy (non-hydrogen) atoms. The van der Waals surface area contributed by atoms with E-state index in [4.69, 9.17) is 75.8 Å². The van der Waals surface area contributed by atoms with E-state index in [9.17, 15) is 0 Å². The Hall–Kier alpha value is -10.0. The van der Waals surface area contributed by atoms with Crippen molar-refractivity contribution in [3.05, 3.63) is 431 Å². The summed E-state index contributed by atoms with van der Waals surface area (Å²) in [6, 6.07) is 121. The summed E-state index contributed by atoms with van der Waals surface area (Å²) in [5, 5.41) is 0. The molecule has 12 aromatic carbocycles. The lowest BCUT2D eigenvalue weighted by Gasteiger charge is -2.52. The monoisotopic (exact) mass is 1580 g/mol. The molecule has 2 heterocycles. The summed E-state index contributed by atoms with van der Waals surface area (Å²) in [4.78, 5) is 0. The first-order valence-corrected chi connectivity index (χ1v) is 40.9. The van der Waals surface area contributed by atoms with Gasteiger partial charge >= 0.3 is 0 Å². The summed E-state index contributed by atoms with van der Waals surface area (Å²) < 4.78 is 120. The van der Waals surface area contributed by atoms with Gasteiger partial charge in [0.25, 0.3) is 0 Å². The normalized spacial score (nSPS) is 23.8. The van der Waals surface area contributed by atoms with Gasteiger partial charge in [-0.15, -0.1) is 0 Å². The second kappa shape index (κ2) is 44.7. The Morgan fingerprint density at radius 1 is 0.153 bits per heavy atom. The van der Waals surface area contributed by atoms with Crippen molar-refractivity contribution in [1.82, 2.24) is 0 Å². The third-order valence-electron chi connectivity index (χ3n) is 21.4. The second-order valence-electron chi connectivity index (χ2n) is 29.9. The molecule has 608 valence electrons. The largest absolute Gasteiger partial charge is 0.374 e. The molecule has 3 aliphatic rings. The zero-order valence-corrected chi connectivity index (χ0v) is 66.3. The minimum atomic E-state index is -1.36. The maximum absolute atomic E-state index is 8.19. The lowest BCUT2D eigenvalue weighted by molar-refractivity contribution is -0.374. The molecule has 0 amide bonds. The van der Waals surface area contributed by atoms with Crippen molar-refractivity contribution in [2.75, 3.05) is 13.2 Å². The summed E-state index contributed by atoms with van der Waals surface area (Å²) in [6.45, 7) is 2.02. The van der Waals surface area contributed by atoms with Crippen molar-refractivity contribution in [1.29, 1.82) is 0 Å². The Balaban J connectivity index is 0.876. The summed E-state index contributed by atoms with van der Waals surface area (Å²) in [6.07, 6.45) is -15.8. The second-order valence-corrected chi connectivity index (χ2v) is 29.9. The van der Waals surface area contributed by atoms with Crippen LogP contribution >= 0.6 is 0 Å². The Morgan fingerprint density at radius 3 is 0.559 bits per heavy atom. The van der Waals surface area contributed by atoms with Crippen LogP contribution in [0.4, 0.5) is 0 Å². The first-order valence-electron chi connectivity index (χ1n) is 40.9. The third-order valence-corrected chi connectivity index (χ3v) is 21.4. The van der Waals surface area contributed by atoms with E-state index in [1.54, 1.807) is 0 Å². The highest BCUT2D eigenvalue weighted by molar-refractivity contribution is 5.24. The van der Waals surface area contributed by atoms with Crippen molar-refractivity contribution in [2.24, 2.45) is 0 Å². The lowest BCUT2D eigenvalue weighted by Crippen LogP contribution is -2.70. The van der Waals surface area contributed by atoms with Crippen LogP contribution in [-0.4, -0.2) is 111 Å². The van der Waals surface area contributed by atoms with Crippen LogP contribution < -0.4 is 0 Å². The predicted molar refractivity (Wildman–Crippen MR) is 449 cm³/mol. The van der Waals surface area contributed by atoms with E-state index in [1.807, 2.05) is 328 Å². The smallest absolute Gasteiger partial charge is 0.187 e. The van der Waals surface area contributed by atoms with E-state index >= 15 is 0 Å². The van der Waals surface area contributed by atoms with Crippen molar-refractivity contribution >= 4 is 0 Å². The van der Waals surface area contributed by atoms with Crippen LogP contribution in [-0.2, 0) is 155 Å². The molecule has 16 heteroatoms. The van der Waals surface area contributed by atoms with Gasteiger partial charge < -0.3 is 75.8 Å². The maximum atomic E-state index is 8.19. The van der Waals surface area contributed by atoms with Gasteiger partial charge in [-0.1, -0.05) is 364 Å². The number of rotatable bonds is 42. The van der Waals surface area contributed by atoms with Crippen molar-refractivity contribution in [3.8, 4) is 0 Å². The average Bonchev–Trinajstić information content (AvgIpc) is 0.756. The molecule has 0 aromatic heterocycles. The fourth-order valence-electron chi connectivity index (χ4n) is 15.3. The Labute approximate surface area is 693 Å². The Bertz CT molecular complexity index is 4620. The minimum Gasteiger partial charge on any atom is -0.374 e. The van der Waals surface area contributed by atoms with E-state index in [0.717, 1.165) is 66.8 Å². The summed E-state index contributed by atoms with van der Waals surface area (Å²) >= 11 is 0. The van der Waals surface area contributed by atoms with Gasteiger partial charge in [0.2, 0.25) is 0 Å². The molecular weight excluding hydrogens is 1480 g/mol. The number of ether oxygens (including phenoxy) is 16. The molecule has 2 saturated heterocycles. The van der Waals surface area contributed by atoms with Crippen LogP contribution in [0.1, 0.15) is 66.8 Å². The van der Waals surface area contributed by atoms with Crippen LogP contribution in [0.3, 0.4) is 0 Å². The summed E-state index contributed by atoms with van der Waals surface area (Å²) in [5.41, 5.74) is 11.2. The molecule has 0 radical (unpaired) electrons. The molecule has 1 saturated carbocycles. The highest BCUT2D eigenvalue weighted by Gasteiger charge is 2.59. The number of benzene rings is 12. The van der Waals surface area contributed by atoms with Crippen LogP contribution in [0.5, 0.6) is 0 Å². The van der Waals surface area contributed by atoms with Gasteiger partial charge in [0, 0.05) is 0 Å². The molecule has 12 aromatic rings. The van der Waals surface area contributed by atoms with Gasteiger partial charge in [-0.05, 0) is 66.8 Å². The van der Waals surface area contributed by atoms with Crippen molar-refractivity contribution in [3.63, 3.8) is 0 Å². The zero-order valence-electron chi connectivity index (χ0n) is 66.3. The maximum Gasteiger partial charge on any atom is 0.187 e. The first-order chi connectivity index (χ1) is 58.5. The summed E-state index contributed by atoms with van der Waals surface area (Å²) in [7, 11) is 0. The fraction of sp³-hybridized carbons (Fsp3) is 0.294. The molecule has 16 atom stereocenters. The van der Waals surface area contributed by atoms with Gasteiger partial charge in [-0.25, -0.2) is 0 Å². The molecule has 0 N–H and O–H groups in total. The molecule has 15 rings (SSSR count). The number of hydrogen-bond donors (Lipinski definition) is 0. The molecule has 0 spiro atoms. The van der Waals surface area contributed by atoms with Crippen molar-refractivity contribution in [2.45, 2.75) is 177 Å². The standard InChI is InChI=1S/C102H104O16/c1-13-37-75(38-14-1)61-103-73-87-89(104-62-76-39-15-2-16-40-76)91(106-64-78-43-19-4-20-44-78)99(113-71-85-57-33-11-34-58-85)101(116-87)115-74-88-90(105-63-77-41-17-3-18-42-77)92(107-65-79-45-21-5-22-46-79)100(114-72-86-59-35-12-36-60-86)102(117-88)118-98-96(111-69-83-53-29-9-30-54-83)94(109-67-81-49-25-7-26-50-81)93(108-66-80-47-23-6-24-48-80)95(110-68-82-51-27-8-28-52-82)97(98)112-70-84-55-31-10-32-56-84/h1-60,87-102H,61-74H2/t87-,88-,89+,90+,91+,92+,93?,94-,95+,96+,97+,98?,99-,100-,101-,102-/m1/s1. The topological polar surface area (TPSA) is 148 Å². The fourth-order valence-corrected chi connectivity index (χ4v) is 15.3. The average molecular weight is 1590 g/mol. The zero-order chi connectivity index (χ0) is 79.8. The number of hydrogen-bond acceptors (Lipinski definition) is 16. The third kappa shape index (κ3) is 24.1.